The van der Waals surface area contributed by atoms with Gasteiger partial charge in [-0.1, -0.05) is 0 Å². The molecule has 1 saturated heterocycles. The lowest BCUT2D eigenvalue weighted by molar-refractivity contribution is -0.143. The second-order valence-corrected chi connectivity index (χ2v) is 7.96. The molecule has 0 unspecified atom stereocenters. The lowest BCUT2D eigenvalue weighted by Gasteiger charge is -2.34. The number of nitrogens with zero attached hydrogens (tertiary/aromatic N) is 1. The van der Waals surface area contributed by atoms with E-state index in [4.69, 9.17) is 16.2 Å². The minimum Gasteiger partial charge on any atom is -0.481 e. The number of nitrogens with two attached hydrogens (primary N) is 1. The fraction of sp³-hybridized carbons (Fsp3) is 0.571. The number of carboxylic acids is 1. The summed E-state index contributed by atoms with van der Waals surface area (Å²) in [5.41, 5.74) is 7.37. The molecule has 3 rings (SSSR count). The second-order valence-electron chi connectivity index (χ2n) is 7.96. The van der Waals surface area contributed by atoms with E-state index in [1.807, 2.05) is 24.3 Å². The molecule has 7 heteroatoms. The summed E-state index contributed by atoms with van der Waals surface area (Å²) >= 11 is 0. The molecule has 7 nitrogen and oxygen atoms in total. The monoisotopic (exact) mass is 386 g/mol. The van der Waals surface area contributed by atoms with Gasteiger partial charge in [0.15, 0.2) is 0 Å². The van der Waals surface area contributed by atoms with Crippen molar-refractivity contribution in [1.29, 1.82) is 5.41 Å². The molecule has 1 aliphatic carbocycles. The van der Waals surface area contributed by atoms with Crippen LogP contribution in [0.1, 0.15) is 44.1 Å². The number of carbonyl (C=O) groups is 2. The predicted octanol–water partition coefficient (Wildman–Crippen LogP) is 1.99. The Morgan fingerprint density at radius 1 is 1.04 bits per heavy atom. The molecule has 0 spiro atoms. The van der Waals surface area contributed by atoms with E-state index >= 15 is 0 Å². The number of aliphatic carboxylic acids is 1. The molecule has 1 aliphatic heterocycles. The number of hydrogen-bond acceptors (Lipinski definition) is 5. The first-order chi connectivity index (χ1) is 13.4. The molecule has 1 aromatic carbocycles. The van der Waals surface area contributed by atoms with E-state index in [2.05, 4.69) is 10.2 Å². The van der Waals surface area contributed by atoms with Crippen LogP contribution in [-0.4, -0.2) is 48.4 Å². The summed E-state index contributed by atoms with van der Waals surface area (Å²) in [5.74, 6) is -0.679. The molecule has 1 heterocycles. The maximum atomic E-state index is 12.4. The number of piperidine rings is 1. The number of carbonyl (C=O) groups excluding carboxylic acids is 1. The van der Waals surface area contributed by atoms with E-state index in [9.17, 15) is 9.59 Å². The Bertz CT molecular complexity index is 703. The van der Waals surface area contributed by atoms with Crippen LogP contribution in [0.3, 0.4) is 0 Å². The summed E-state index contributed by atoms with van der Waals surface area (Å²) in [6, 6.07) is 8.09. The average Bonchev–Trinajstić information content (AvgIpc) is 2.72. The number of anilines is 1. The number of nitrogens with one attached hydrogen (secondary N) is 2. The topological polar surface area (TPSA) is 120 Å². The number of Topliss-reactive ketones (excluding diaryl/α,β-unsaturated/α-hetero) is 1. The largest absolute Gasteiger partial charge is 0.481 e. The Labute approximate surface area is 165 Å². The summed E-state index contributed by atoms with van der Waals surface area (Å²) in [6.07, 6.45) is 4.60. The zero-order chi connectivity index (χ0) is 20.1. The van der Waals surface area contributed by atoms with Crippen LogP contribution < -0.4 is 16.0 Å². The number of carboxylic acid groups (broad SMARTS) is 1. The van der Waals surface area contributed by atoms with Crippen LogP contribution in [0, 0.1) is 17.2 Å². The van der Waals surface area contributed by atoms with Gasteiger partial charge in [-0.3, -0.25) is 15.0 Å². The lowest BCUT2D eigenvalue weighted by atomic mass is 9.80. The highest BCUT2D eigenvalue weighted by molar-refractivity contribution is 5.95. The van der Waals surface area contributed by atoms with Crippen molar-refractivity contribution in [2.75, 3.05) is 24.5 Å². The lowest BCUT2D eigenvalue weighted by Crippen LogP contribution is -2.45. The van der Waals surface area contributed by atoms with Gasteiger partial charge < -0.3 is 21.1 Å². The predicted molar refractivity (Wildman–Crippen MR) is 109 cm³/mol. The van der Waals surface area contributed by atoms with Crippen molar-refractivity contribution in [2.45, 2.75) is 44.6 Å². The van der Waals surface area contributed by atoms with Crippen molar-refractivity contribution in [2.24, 2.45) is 17.6 Å². The number of hydrogen-bond donors (Lipinski definition) is 4. The van der Waals surface area contributed by atoms with Crippen LogP contribution in [0.15, 0.2) is 24.3 Å². The molecule has 28 heavy (non-hydrogen) atoms. The molecule has 0 aromatic heterocycles. The number of nitrogen functional groups attached to an aromatic ring is 1. The van der Waals surface area contributed by atoms with E-state index in [1.54, 1.807) is 0 Å². The first-order valence-electron chi connectivity index (χ1n) is 10.1. The Balaban J connectivity index is 1.39. The molecule has 0 bridgehead atoms. The first kappa shape index (κ1) is 20.3. The van der Waals surface area contributed by atoms with Crippen LogP contribution in [0.4, 0.5) is 5.69 Å². The Morgan fingerprint density at radius 2 is 1.61 bits per heavy atom. The van der Waals surface area contributed by atoms with E-state index in [1.165, 1.54) is 0 Å². The van der Waals surface area contributed by atoms with Crippen LogP contribution in [-0.2, 0) is 9.59 Å². The molecule has 1 saturated carbocycles. The summed E-state index contributed by atoms with van der Waals surface area (Å²) in [7, 11) is 0. The minimum absolute atomic E-state index is 0.0166. The summed E-state index contributed by atoms with van der Waals surface area (Å²) in [4.78, 5) is 25.8. The fourth-order valence-electron chi connectivity index (χ4n) is 4.25. The second kappa shape index (κ2) is 9.19. The van der Waals surface area contributed by atoms with Crippen molar-refractivity contribution < 1.29 is 14.7 Å². The zero-order valence-electron chi connectivity index (χ0n) is 16.2. The van der Waals surface area contributed by atoms with Gasteiger partial charge in [-0.05, 0) is 62.8 Å². The minimum atomic E-state index is -0.730. The normalized spacial score (nSPS) is 23.4. The van der Waals surface area contributed by atoms with Gasteiger partial charge in [0.05, 0.1) is 12.5 Å². The fourth-order valence-corrected chi connectivity index (χ4v) is 4.25. The van der Waals surface area contributed by atoms with Gasteiger partial charge in [0.2, 0.25) is 0 Å². The summed E-state index contributed by atoms with van der Waals surface area (Å²) < 4.78 is 0. The number of rotatable bonds is 7. The third kappa shape index (κ3) is 5.10. The van der Waals surface area contributed by atoms with Crippen LogP contribution >= 0.6 is 0 Å². The Morgan fingerprint density at radius 3 is 2.14 bits per heavy atom. The molecule has 2 fully saturated rings. The van der Waals surface area contributed by atoms with E-state index < -0.39 is 5.97 Å². The van der Waals surface area contributed by atoms with Crippen molar-refractivity contribution >= 4 is 23.3 Å². The smallest absolute Gasteiger partial charge is 0.306 e. The molecule has 0 amide bonds. The highest BCUT2D eigenvalue weighted by Gasteiger charge is 2.30. The van der Waals surface area contributed by atoms with E-state index in [0.717, 1.165) is 37.2 Å². The molecule has 5 N–H and O–H groups in total. The van der Waals surface area contributed by atoms with Gasteiger partial charge in [0, 0.05) is 36.3 Å². The van der Waals surface area contributed by atoms with Gasteiger partial charge in [-0.15, -0.1) is 0 Å². The molecule has 1 aromatic rings. The van der Waals surface area contributed by atoms with Gasteiger partial charge >= 0.3 is 5.97 Å². The maximum Gasteiger partial charge on any atom is 0.306 e. The van der Waals surface area contributed by atoms with Gasteiger partial charge in [-0.2, -0.15) is 0 Å². The molecule has 152 valence electrons. The van der Waals surface area contributed by atoms with Gasteiger partial charge in [0.25, 0.3) is 0 Å². The first-order valence-corrected chi connectivity index (χ1v) is 10.1. The third-order valence-corrected chi connectivity index (χ3v) is 6.14. The van der Waals surface area contributed by atoms with Gasteiger partial charge in [-0.25, -0.2) is 0 Å². The summed E-state index contributed by atoms with van der Waals surface area (Å²) in [5, 5.41) is 19.9. The molecular formula is C21H30N4O3. The van der Waals surface area contributed by atoms with Crippen LogP contribution in [0.25, 0.3) is 0 Å². The molecule has 0 atom stereocenters. The Kier molecular flexibility index (Phi) is 6.67. The maximum absolute atomic E-state index is 12.4. The van der Waals surface area contributed by atoms with Crippen LogP contribution in [0.5, 0.6) is 0 Å². The van der Waals surface area contributed by atoms with Crippen LogP contribution in [0.2, 0.25) is 0 Å². The number of benzene rings is 1. The van der Waals surface area contributed by atoms with Crippen molar-refractivity contribution in [3.05, 3.63) is 29.8 Å². The quantitative estimate of drug-likeness (QED) is 0.420. The zero-order valence-corrected chi connectivity index (χ0v) is 16.2. The van der Waals surface area contributed by atoms with E-state index in [0.29, 0.717) is 38.3 Å². The highest BCUT2D eigenvalue weighted by atomic mass is 16.4. The van der Waals surface area contributed by atoms with Gasteiger partial charge in [0.1, 0.15) is 11.6 Å². The number of ketones is 1. The van der Waals surface area contributed by atoms with E-state index in [-0.39, 0.29) is 23.5 Å². The third-order valence-electron chi connectivity index (χ3n) is 6.14. The highest BCUT2D eigenvalue weighted by Crippen LogP contribution is 2.29. The molecular weight excluding hydrogens is 356 g/mol. The van der Waals surface area contributed by atoms with Crippen molar-refractivity contribution in [3.8, 4) is 0 Å². The molecule has 0 radical (unpaired) electrons. The van der Waals surface area contributed by atoms with Crippen molar-refractivity contribution in [3.63, 3.8) is 0 Å². The number of amidine groups is 1. The standard InChI is InChI=1S/C21H30N4O3/c22-20(23)15-5-7-18(8-6-15)25-11-9-17(10-12-25)24-13-19(26)14-1-3-16(4-2-14)21(27)28/h5-8,14,16-17,24H,1-4,9-13H2,(H3,22,23)(H,27,28)/t14-,16-. The van der Waals surface area contributed by atoms with Crippen molar-refractivity contribution in [1.82, 2.24) is 5.32 Å². The Hall–Kier alpha value is -2.41. The summed E-state index contributed by atoms with van der Waals surface area (Å²) in [6.45, 7) is 2.24. The average molecular weight is 386 g/mol. The SMILES string of the molecule is N=C(N)c1ccc(N2CCC(NCC(=O)[C@H]3CC[C@H](C(=O)O)CC3)CC2)cc1. The molecule has 2 aliphatic rings.